The van der Waals surface area contributed by atoms with E-state index in [1.165, 1.54) is 16.7 Å². The number of hydrogen-bond acceptors (Lipinski definition) is 6. The standard InChI is InChI=1S/C43H70O6/c1-16-47-41(44)25-28(4)31(22-35(41)38(7,8)9)20-19-21-32(33-23-36(39(10,11)12)42(45,48-17-2)26-29(33)5)34-24-37(40(13,14)15)43(46,49-18-3)27-30(34)6/h22-24,32,44-46H,16-21,25-27H2,1-15H3. The molecule has 0 bridgehead atoms. The molecule has 0 aromatic carbocycles. The van der Waals surface area contributed by atoms with E-state index < -0.39 is 17.4 Å². The van der Waals surface area contributed by atoms with Crippen LogP contribution < -0.4 is 0 Å². The molecule has 3 atom stereocenters. The zero-order chi connectivity index (χ0) is 37.4. The Labute approximate surface area is 299 Å². The largest absolute Gasteiger partial charge is 0.362 e. The van der Waals surface area contributed by atoms with Gasteiger partial charge in [0.05, 0.1) is 0 Å². The molecule has 49 heavy (non-hydrogen) atoms. The number of rotatable bonds is 12. The van der Waals surface area contributed by atoms with Gasteiger partial charge >= 0.3 is 0 Å². The van der Waals surface area contributed by atoms with Gasteiger partial charge in [-0.05, 0) is 110 Å². The van der Waals surface area contributed by atoms with Crippen molar-refractivity contribution in [3.05, 3.63) is 68.4 Å². The van der Waals surface area contributed by atoms with Crippen LogP contribution >= 0.6 is 0 Å². The molecule has 0 amide bonds. The minimum atomic E-state index is -1.35. The van der Waals surface area contributed by atoms with Crippen LogP contribution in [0.25, 0.3) is 0 Å². The lowest BCUT2D eigenvalue weighted by Gasteiger charge is -2.44. The topological polar surface area (TPSA) is 88.4 Å². The van der Waals surface area contributed by atoms with E-state index in [1.807, 2.05) is 20.8 Å². The Morgan fingerprint density at radius 3 is 1.22 bits per heavy atom. The third-order valence-corrected chi connectivity index (χ3v) is 10.5. The monoisotopic (exact) mass is 683 g/mol. The van der Waals surface area contributed by atoms with Gasteiger partial charge in [0.1, 0.15) is 0 Å². The first-order valence-corrected chi connectivity index (χ1v) is 18.7. The summed E-state index contributed by atoms with van der Waals surface area (Å²) in [6.45, 7) is 32.7. The number of ether oxygens (including phenoxy) is 3. The van der Waals surface area contributed by atoms with Crippen LogP contribution in [0.4, 0.5) is 0 Å². The van der Waals surface area contributed by atoms with E-state index in [-0.39, 0.29) is 22.2 Å². The fourth-order valence-electron chi connectivity index (χ4n) is 8.44. The van der Waals surface area contributed by atoms with Crippen molar-refractivity contribution >= 4 is 0 Å². The van der Waals surface area contributed by atoms with Crippen LogP contribution in [0.5, 0.6) is 0 Å². The molecule has 6 nitrogen and oxygen atoms in total. The molecule has 6 heteroatoms. The highest BCUT2D eigenvalue weighted by Crippen LogP contribution is 2.51. The normalized spacial score (nSPS) is 28.2. The van der Waals surface area contributed by atoms with Gasteiger partial charge in [-0.15, -0.1) is 0 Å². The van der Waals surface area contributed by atoms with E-state index >= 15 is 0 Å². The van der Waals surface area contributed by atoms with Crippen molar-refractivity contribution in [2.75, 3.05) is 19.8 Å². The van der Waals surface area contributed by atoms with Gasteiger partial charge in [-0.3, -0.25) is 0 Å². The quantitative estimate of drug-likeness (QED) is 0.178. The molecule has 0 heterocycles. The summed E-state index contributed by atoms with van der Waals surface area (Å²) in [5.41, 5.74) is 8.96. The maximum absolute atomic E-state index is 11.9. The fraction of sp³-hybridized carbons (Fsp3) is 0.721. The van der Waals surface area contributed by atoms with Gasteiger partial charge in [-0.25, -0.2) is 0 Å². The highest BCUT2D eigenvalue weighted by molar-refractivity contribution is 5.50. The Balaban J connectivity index is 2.16. The van der Waals surface area contributed by atoms with Crippen molar-refractivity contribution < 1.29 is 29.5 Å². The molecule has 3 rings (SSSR count). The SMILES string of the molecule is CCOC1(O)CC(C)=C(CCCC(C2=C(C)CC(O)(OCC)C(C(C)(C)C)=C2)C2=C(C)CC(O)(OCC)C(C(C)(C)C)=C2)C=C1C(C)(C)C. The molecule has 0 aliphatic heterocycles. The summed E-state index contributed by atoms with van der Waals surface area (Å²) in [4.78, 5) is 0. The second kappa shape index (κ2) is 15.0. The lowest BCUT2D eigenvalue weighted by molar-refractivity contribution is -0.180. The van der Waals surface area contributed by atoms with Crippen molar-refractivity contribution in [2.45, 2.75) is 160 Å². The van der Waals surface area contributed by atoms with Crippen LogP contribution in [0, 0.1) is 22.2 Å². The minimum Gasteiger partial charge on any atom is -0.362 e. The second-order valence-corrected chi connectivity index (χ2v) is 17.8. The first-order valence-electron chi connectivity index (χ1n) is 18.7. The van der Waals surface area contributed by atoms with E-state index in [9.17, 15) is 15.3 Å². The molecule has 0 fully saturated rings. The van der Waals surface area contributed by atoms with Gasteiger partial charge in [-0.1, -0.05) is 97.3 Å². The second-order valence-electron chi connectivity index (χ2n) is 17.8. The highest BCUT2D eigenvalue weighted by Gasteiger charge is 2.46. The summed E-state index contributed by atoms with van der Waals surface area (Å²) in [5, 5.41) is 35.4. The van der Waals surface area contributed by atoms with Crippen molar-refractivity contribution in [3.63, 3.8) is 0 Å². The summed E-state index contributed by atoms with van der Waals surface area (Å²) >= 11 is 0. The number of hydrogen-bond donors (Lipinski definition) is 3. The van der Waals surface area contributed by atoms with Crippen LogP contribution in [-0.2, 0) is 14.2 Å². The van der Waals surface area contributed by atoms with E-state index in [1.54, 1.807) is 0 Å². The third-order valence-electron chi connectivity index (χ3n) is 10.5. The van der Waals surface area contributed by atoms with Gasteiger partial charge in [0.25, 0.3) is 0 Å². The van der Waals surface area contributed by atoms with Crippen LogP contribution in [0.15, 0.2) is 68.4 Å². The van der Waals surface area contributed by atoms with Crippen LogP contribution in [0.3, 0.4) is 0 Å². The molecule has 0 aromatic heterocycles. The Morgan fingerprint density at radius 2 is 0.898 bits per heavy atom. The van der Waals surface area contributed by atoms with E-state index in [0.717, 1.165) is 52.7 Å². The van der Waals surface area contributed by atoms with Gasteiger partial charge in [0, 0.05) is 45.0 Å². The average molecular weight is 683 g/mol. The minimum absolute atomic E-state index is 0.0444. The number of allylic oxidation sites excluding steroid dienone is 6. The summed E-state index contributed by atoms with van der Waals surface area (Å²) < 4.78 is 18.1. The van der Waals surface area contributed by atoms with Gasteiger partial charge in [-0.2, -0.15) is 0 Å². The van der Waals surface area contributed by atoms with E-state index in [0.29, 0.717) is 39.1 Å². The Kier molecular flexibility index (Phi) is 12.8. The predicted octanol–water partition coefficient (Wildman–Crippen LogP) is 10.0. The Hall–Kier alpha value is -1.80. The van der Waals surface area contributed by atoms with E-state index in [4.69, 9.17) is 14.2 Å². The van der Waals surface area contributed by atoms with Gasteiger partial charge < -0.3 is 29.5 Å². The van der Waals surface area contributed by atoms with Crippen LogP contribution in [0.2, 0.25) is 0 Å². The highest BCUT2D eigenvalue weighted by atomic mass is 16.6. The zero-order valence-corrected chi connectivity index (χ0v) is 33.7. The molecule has 0 radical (unpaired) electrons. The van der Waals surface area contributed by atoms with Crippen LogP contribution in [0.1, 0.15) is 142 Å². The van der Waals surface area contributed by atoms with Crippen LogP contribution in [-0.4, -0.2) is 52.5 Å². The summed E-state index contributed by atoms with van der Waals surface area (Å²) in [7, 11) is 0. The molecule has 0 saturated heterocycles. The maximum Gasteiger partial charge on any atom is 0.192 e. The molecule has 0 saturated carbocycles. The van der Waals surface area contributed by atoms with Crippen molar-refractivity contribution in [1.29, 1.82) is 0 Å². The third kappa shape index (κ3) is 9.17. The van der Waals surface area contributed by atoms with E-state index in [2.05, 4.69) is 101 Å². The average Bonchev–Trinajstić information content (AvgIpc) is 2.91. The lowest BCUT2D eigenvalue weighted by atomic mass is 9.68. The number of aliphatic hydroxyl groups is 3. The first-order chi connectivity index (χ1) is 22.4. The summed E-state index contributed by atoms with van der Waals surface area (Å²) in [6, 6.07) is 0. The molecule has 0 aromatic rings. The molecule has 278 valence electrons. The Bertz CT molecular complexity index is 1340. The zero-order valence-electron chi connectivity index (χ0n) is 33.7. The van der Waals surface area contributed by atoms with Gasteiger partial charge in [0.15, 0.2) is 17.4 Å². The smallest absolute Gasteiger partial charge is 0.192 e. The molecular weight excluding hydrogens is 612 g/mol. The molecule has 3 N–H and O–H groups in total. The summed E-state index contributed by atoms with van der Waals surface area (Å²) in [5.74, 6) is -3.94. The molecule has 3 aliphatic carbocycles. The van der Waals surface area contributed by atoms with Crippen molar-refractivity contribution in [2.24, 2.45) is 22.2 Å². The first kappa shape index (κ1) is 41.6. The van der Waals surface area contributed by atoms with Crippen molar-refractivity contribution in [1.82, 2.24) is 0 Å². The summed E-state index contributed by atoms with van der Waals surface area (Å²) in [6.07, 6.45) is 10.6. The lowest BCUT2D eigenvalue weighted by Crippen LogP contribution is -2.43. The van der Waals surface area contributed by atoms with Gasteiger partial charge in [0.2, 0.25) is 0 Å². The molecular formula is C43H70O6. The molecule has 0 spiro atoms. The maximum atomic E-state index is 11.9. The molecule has 3 aliphatic rings. The Morgan fingerprint density at radius 1 is 0.571 bits per heavy atom. The molecule has 3 unspecified atom stereocenters. The fourth-order valence-corrected chi connectivity index (χ4v) is 8.44. The van der Waals surface area contributed by atoms with Crippen molar-refractivity contribution in [3.8, 4) is 0 Å². The predicted molar refractivity (Wildman–Crippen MR) is 202 cm³/mol.